The van der Waals surface area contributed by atoms with E-state index >= 15 is 4.79 Å². The molecule has 0 radical (unpaired) electrons. The Bertz CT molecular complexity index is 2490. The van der Waals surface area contributed by atoms with Crippen molar-refractivity contribution in [1.29, 1.82) is 0 Å². The quantitative estimate of drug-likeness (QED) is 0.0371. The molecule has 4 aromatic rings. The number of ether oxygens (including phenoxy) is 5. The molecule has 4 aromatic carbocycles. The average Bonchev–Trinajstić information content (AvgIpc) is 4.11. The normalized spacial score (nSPS) is 23.5. The van der Waals surface area contributed by atoms with Gasteiger partial charge in [0.15, 0.2) is 11.5 Å². The minimum atomic E-state index is -1.46. The predicted octanol–water partition coefficient (Wildman–Crippen LogP) is 10.5. The van der Waals surface area contributed by atoms with E-state index in [1.165, 1.54) is 12.8 Å². The van der Waals surface area contributed by atoms with Gasteiger partial charge in [-0.1, -0.05) is 123 Å². The third-order valence-corrected chi connectivity index (χ3v) is 15.1. The summed E-state index contributed by atoms with van der Waals surface area (Å²) in [6.45, 7) is 5.30. The Kier molecular flexibility index (Phi) is 16.7. The molecule has 376 valence electrons. The number of carbonyl (C=O) groups excluding carboxylic acids is 2. The number of amides is 2. The van der Waals surface area contributed by atoms with E-state index in [4.69, 9.17) is 33.7 Å². The summed E-state index contributed by atoms with van der Waals surface area (Å²) in [5.74, 6) is 0.396. The van der Waals surface area contributed by atoms with Gasteiger partial charge in [0.05, 0.1) is 18.2 Å². The standard InChI is InChI=1S/C58H69N3O10/c1-2-31-68-58-53(61(54(64)28-24-40-15-9-10-16-40)37-43-23-26-51-52(32-43)67-39-66-51)35-49(60-69-38-42-19-7-4-8-20-42)47-33-44(21-11-13-29-62)46(22-12-14-30-63)55(56(47)58)48-34-45(25-27-50(48)71-58)70-57(65)59-36-41-17-5-3-6-18-41/h2-8,17-20,23,25-27,32-34,40,44,46,53,55-56,62-63H,1,9-16,21-22,24,28-31,35-39H2,(H,59,65)/t44-,46+,53-,55+,56+,58+/m0/s1. The summed E-state index contributed by atoms with van der Waals surface area (Å²) in [4.78, 5) is 37.2. The summed E-state index contributed by atoms with van der Waals surface area (Å²) >= 11 is 0. The van der Waals surface area contributed by atoms with Crippen LogP contribution in [-0.2, 0) is 34.1 Å². The van der Waals surface area contributed by atoms with Gasteiger partial charge in [0.1, 0.15) is 24.1 Å². The van der Waals surface area contributed by atoms with Crippen molar-refractivity contribution >= 4 is 17.7 Å². The van der Waals surface area contributed by atoms with E-state index in [9.17, 15) is 15.0 Å². The van der Waals surface area contributed by atoms with Gasteiger partial charge in [-0.3, -0.25) is 4.79 Å². The van der Waals surface area contributed by atoms with Crippen molar-refractivity contribution in [3.8, 4) is 23.0 Å². The molecule has 2 heterocycles. The lowest BCUT2D eigenvalue weighted by Gasteiger charge is -2.60. The fourth-order valence-electron chi connectivity index (χ4n) is 11.8. The second-order valence-electron chi connectivity index (χ2n) is 19.7. The number of allylic oxidation sites excluding steroid dienone is 1. The third-order valence-electron chi connectivity index (χ3n) is 15.1. The van der Waals surface area contributed by atoms with Gasteiger partial charge in [0, 0.05) is 50.6 Å². The van der Waals surface area contributed by atoms with Crippen LogP contribution >= 0.6 is 0 Å². The molecule has 3 N–H and O–H groups in total. The number of hydrogen-bond donors (Lipinski definition) is 3. The van der Waals surface area contributed by atoms with Gasteiger partial charge in [0.2, 0.25) is 18.5 Å². The van der Waals surface area contributed by atoms with E-state index < -0.39 is 23.8 Å². The molecule has 2 saturated carbocycles. The molecule has 3 aliphatic carbocycles. The van der Waals surface area contributed by atoms with E-state index in [2.05, 4.69) is 18.0 Å². The van der Waals surface area contributed by atoms with Gasteiger partial charge in [-0.25, -0.2) is 4.79 Å². The second-order valence-corrected chi connectivity index (χ2v) is 19.7. The number of hydrogen-bond acceptors (Lipinski definition) is 11. The van der Waals surface area contributed by atoms with Crippen LogP contribution < -0.4 is 24.3 Å². The number of unbranched alkanes of at least 4 members (excludes halogenated alkanes) is 2. The molecule has 2 fully saturated rings. The highest BCUT2D eigenvalue weighted by molar-refractivity contribution is 6.03. The summed E-state index contributed by atoms with van der Waals surface area (Å²) in [5, 5.41) is 28.1. The first-order chi connectivity index (χ1) is 34.9. The van der Waals surface area contributed by atoms with E-state index in [0.717, 1.165) is 72.8 Å². The summed E-state index contributed by atoms with van der Waals surface area (Å²) in [6.07, 6.45) is 13.9. The lowest BCUT2D eigenvalue weighted by Crippen LogP contribution is -2.70. The average molecular weight is 968 g/mol. The third kappa shape index (κ3) is 11.6. The van der Waals surface area contributed by atoms with Crippen molar-refractivity contribution in [3.63, 3.8) is 0 Å². The number of aliphatic hydroxyl groups is 2. The minimum absolute atomic E-state index is 0.00785. The fraction of sp³-hybridized carbons (Fsp3) is 0.466. The highest BCUT2D eigenvalue weighted by atomic mass is 16.7. The van der Waals surface area contributed by atoms with Crippen molar-refractivity contribution in [2.75, 3.05) is 26.6 Å². The molecule has 0 saturated heterocycles. The summed E-state index contributed by atoms with van der Waals surface area (Å²) in [5.41, 5.74) is 5.27. The van der Waals surface area contributed by atoms with E-state index in [1.807, 2.05) is 95.9 Å². The van der Waals surface area contributed by atoms with Crippen LogP contribution in [0.2, 0.25) is 0 Å². The van der Waals surface area contributed by atoms with Crippen LogP contribution in [-0.4, -0.2) is 71.3 Å². The maximum Gasteiger partial charge on any atom is 0.412 e. The monoisotopic (exact) mass is 967 g/mol. The van der Waals surface area contributed by atoms with Gasteiger partial charge in [-0.2, -0.15) is 0 Å². The molecular weight excluding hydrogens is 899 g/mol. The highest BCUT2D eigenvalue weighted by Gasteiger charge is 2.65. The largest absolute Gasteiger partial charge is 0.459 e. The molecule has 0 unspecified atom stereocenters. The molecule has 0 aromatic heterocycles. The van der Waals surface area contributed by atoms with Gasteiger partial charge in [-0.05, 0) is 102 Å². The molecular formula is C58H69N3O10. The molecule has 2 aliphatic heterocycles. The molecule has 0 spiro atoms. The van der Waals surface area contributed by atoms with Crippen molar-refractivity contribution in [2.45, 2.75) is 121 Å². The first kappa shape index (κ1) is 49.8. The number of fused-ring (bicyclic) bond motifs is 3. The number of rotatable bonds is 23. The minimum Gasteiger partial charge on any atom is -0.459 e. The molecule has 9 rings (SSSR count). The molecule has 71 heavy (non-hydrogen) atoms. The van der Waals surface area contributed by atoms with Crippen LogP contribution in [0.3, 0.4) is 0 Å². The molecule has 2 amide bonds. The fourth-order valence-corrected chi connectivity index (χ4v) is 11.8. The van der Waals surface area contributed by atoms with E-state index in [1.54, 1.807) is 12.1 Å². The Morgan fingerprint density at radius 2 is 1.56 bits per heavy atom. The zero-order chi connectivity index (χ0) is 49.0. The van der Waals surface area contributed by atoms with Crippen LogP contribution in [0.25, 0.3) is 0 Å². The van der Waals surface area contributed by atoms with Crippen molar-refractivity contribution in [1.82, 2.24) is 10.2 Å². The van der Waals surface area contributed by atoms with Crippen molar-refractivity contribution in [3.05, 3.63) is 144 Å². The molecule has 0 bridgehead atoms. The number of nitrogens with zero attached hydrogens (tertiary/aromatic N) is 2. The Hall–Kier alpha value is -6.15. The van der Waals surface area contributed by atoms with Crippen LogP contribution in [0.4, 0.5) is 4.79 Å². The number of carbonyl (C=O) groups is 2. The maximum absolute atomic E-state index is 15.4. The topological polar surface area (TPSA) is 158 Å². The number of aliphatic hydroxyl groups excluding tert-OH is 2. The van der Waals surface area contributed by atoms with Gasteiger partial charge in [-0.15, -0.1) is 6.58 Å². The Balaban J connectivity index is 1.19. The first-order valence-electron chi connectivity index (χ1n) is 25.8. The number of benzene rings is 4. The highest BCUT2D eigenvalue weighted by Crippen LogP contribution is 2.62. The summed E-state index contributed by atoms with van der Waals surface area (Å²) < 4.78 is 32.4. The zero-order valence-corrected chi connectivity index (χ0v) is 40.8. The SMILES string of the molecule is C=CCO[C@@]12Oc3ccc(OC(=O)NCc4ccccc4)cc3[C@H]3[C@H](CCCCO)[C@@H](CCCCO)C=C(C(=NOCc4ccccc4)C[C@@H]1N(Cc1ccc4c(c1)OCO4)C(=O)CCC1CCCC1)[C@H]32. The van der Waals surface area contributed by atoms with Gasteiger partial charge < -0.3 is 49.0 Å². The van der Waals surface area contributed by atoms with Crippen LogP contribution in [0.15, 0.2) is 127 Å². The van der Waals surface area contributed by atoms with Crippen LogP contribution in [0.1, 0.15) is 112 Å². The maximum atomic E-state index is 15.4. The lowest BCUT2D eigenvalue weighted by molar-refractivity contribution is -0.258. The lowest BCUT2D eigenvalue weighted by atomic mass is 9.55. The Labute approximate surface area is 417 Å². The predicted molar refractivity (Wildman–Crippen MR) is 270 cm³/mol. The van der Waals surface area contributed by atoms with Crippen molar-refractivity contribution < 1.29 is 48.3 Å². The Morgan fingerprint density at radius 1 is 0.831 bits per heavy atom. The smallest absolute Gasteiger partial charge is 0.412 e. The number of nitrogens with one attached hydrogen (secondary N) is 1. The zero-order valence-electron chi connectivity index (χ0n) is 40.8. The van der Waals surface area contributed by atoms with E-state index in [-0.39, 0.29) is 69.8 Å². The molecule has 6 atom stereocenters. The van der Waals surface area contributed by atoms with Gasteiger partial charge in [0.25, 0.3) is 0 Å². The number of oxime groups is 1. The summed E-state index contributed by atoms with van der Waals surface area (Å²) in [6, 6.07) is 30.3. The molecule has 5 aliphatic rings. The van der Waals surface area contributed by atoms with Crippen LogP contribution in [0.5, 0.6) is 23.0 Å². The Morgan fingerprint density at radius 3 is 2.32 bits per heavy atom. The molecule has 13 nitrogen and oxygen atoms in total. The van der Waals surface area contributed by atoms with Crippen LogP contribution in [0, 0.1) is 23.7 Å². The van der Waals surface area contributed by atoms with E-state index in [0.29, 0.717) is 60.4 Å². The second kappa shape index (κ2) is 23.8. The summed E-state index contributed by atoms with van der Waals surface area (Å²) in [7, 11) is 0. The van der Waals surface area contributed by atoms with Crippen molar-refractivity contribution in [2.24, 2.45) is 28.8 Å². The van der Waals surface area contributed by atoms with Gasteiger partial charge >= 0.3 is 6.09 Å². The first-order valence-corrected chi connectivity index (χ1v) is 25.8. The molecule has 13 heteroatoms.